The van der Waals surface area contributed by atoms with Gasteiger partial charge < -0.3 is 5.32 Å². The van der Waals surface area contributed by atoms with Crippen molar-refractivity contribution in [1.82, 2.24) is 0 Å². The molecule has 3 rings (SSSR count). The molecule has 2 aromatic rings. The molecule has 1 N–H and O–H groups in total. The zero-order valence-electron chi connectivity index (χ0n) is 11.7. The molecule has 3 nitrogen and oxygen atoms in total. The van der Waals surface area contributed by atoms with E-state index in [1.807, 2.05) is 60.7 Å². The fraction of sp³-hybridized carbons (Fsp3) is 0. The second-order valence-corrected chi connectivity index (χ2v) is 5.82. The van der Waals surface area contributed by atoms with Crippen LogP contribution in [-0.2, 0) is 9.59 Å². The Kier molecular flexibility index (Phi) is 4.21. The van der Waals surface area contributed by atoms with Gasteiger partial charge in [0.25, 0.3) is 0 Å². The predicted octanol–water partition coefficient (Wildman–Crippen LogP) is 3.81. The summed E-state index contributed by atoms with van der Waals surface area (Å²) in [7, 11) is 0. The minimum absolute atomic E-state index is 0.160. The van der Waals surface area contributed by atoms with Crippen LogP contribution in [-0.4, -0.2) is 11.6 Å². The topological polar surface area (TPSA) is 46.2 Å². The zero-order valence-corrected chi connectivity index (χ0v) is 12.5. The van der Waals surface area contributed by atoms with E-state index < -0.39 is 0 Å². The summed E-state index contributed by atoms with van der Waals surface area (Å²) < 4.78 is 0. The number of carbonyl (C=O) groups is 2. The molecule has 108 valence electrons. The average Bonchev–Trinajstić information content (AvgIpc) is 2.54. The number of nitrogens with one attached hydrogen (secondary N) is 1. The number of allylic oxidation sites excluding steroid dienone is 3. The van der Waals surface area contributed by atoms with Crippen molar-refractivity contribution in [3.05, 3.63) is 83.4 Å². The lowest BCUT2D eigenvalue weighted by Crippen LogP contribution is -2.17. The third-order valence-electron chi connectivity index (χ3n) is 3.07. The lowest BCUT2D eigenvalue weighted by molar-refractivity contribution is -0.114. The molecule has 0 aromatic heterocycles. The molecular formula is C18H13NO2S. The largest absolute Gasteiger partial charge is 0.352 e. The summed E-state index contributed by atoms with van der Waals surface area (Å²) in [4.78, 5) is 25.7. The SMILES string of the molecule is O=C1C=C(Sc2ccccc2)C(=O)C=C1Nc1ccccc1. The van der Waals surface area contributed by atoms with Gasteiger partial charge in [0.15, 0.2) is 5.78 Å². The predicted molar refractivity (Wildman–Crippen MR) is 88.5 cm³/mol. The molecule has 0 amide bonds. The van der Waals surface area contributed by atoms with Crippen molar-refractivity contribution in [3.63, 3.8) is 0 Å². The van der Waals surface area contributed by atoms with Gasteiger partial charge in [-0.05, 0) is 24.3 Å². The summed E-state index contributed by atoms with van der Waals surface area (Å²) in [5.74, 6) is -0.353. The summed E-state index contributed by atoms with van der Waals surface area (Å²) in [6, 6.07) is 18.8. The van der Waals surface area contributed by atoms with Gasteiger partial charge >= 0.3 is 0 Å². The fourth-order valence-electron chi connectivity index (χ4n) is 2.01. The average molecular weight is 307 g/mol. The van der Waals surface area contributed by atoms with Gasteiger partial charge in [0.05, 0.1) is 10.6 Å². The van der Waals surface area contributed by atoms with Crippen molar-refractivity contribution >= 4 is 29.0 Å². The van der Waals surface area contributed by atoms with Gasteiger partial charge in [-0.2, -0.15) is 0 Å². The van der Waals surface area contributed by atoms with Gasteiger partial charge in [0.1, 0.15) is 0 Å². The Morgan fingerprint density at radius 3 is 2.05 bits per heavy atom. The standard InChI is InChI=1S/C18H13NO2S/c20-16-12-18(22-14-9-5-2-6-10-14)17(21)11-15(16)19-13-7-3-1-4-8-13/h1-12,19H. The lowest BCUT2D eigenvalue weighted by atomic mass is 10.1. The maximum atomic E-state index is 12.2. The van der Waals surface area contributed by atoms with Crippen LogP contribution >= 0.6 is 11.8 Å². The van der Waals surface area contributed by atoms with Gasteiger partial charge in [0, 0.05) is 22.7 Å². The van der Waals surface area contributed by atoms with E-state index in [4.69, 9.17) is 0 Å². The van der Waals surface area contributed by atoms with Crippen LogP contribution in [0.4, 0.5) is 5.69 Å². The van der Waals surface area contributed by atoms with E-state index in [0.29, 0.717) is 10.6 Å². The summed E-state index contributed by atoms with van der Waals surface area (Å²) >= 11 is 1.30. The Hall–Kier alpha value is -2.59. The van der Waals surface area contributed by atoms with Gasteiger partial charge in [-0.15, -0.1) is 0 Å². The molecule has 0 spiro atoms. The van der Waals surface area contributed by atoms with Gasteiger partial charge in [-0.1, -0.05) is 48.2 Å². The van der Waals surface area contributed by atoms with Crippen molar-refractivity contribution in [2.45, 2.75) is 4.90 Å². The van der Waals surface area contributed by atoms with Crippen LogP contribution in [0.15, 0.2) is 88.3 Å². The lowest BCUT2D eigenvalue weighted by Gasteiger charge is -2.13. The third-order valence-corrected chi connectivity index (χ3v) is 4.12. The Morgan fingerprint density at radius 2 is 1.36 bits per heavy atom. The van der Waals surface area contributed by atoms with E-state index in [1.54, 1.807) is 0 Å². The number of carbonyl (C=O) groups excluding carboxylic acids is 2. The minimum atomic E-state index is -0.193. The van der Waals surface area contributed by atoms with E-state index in [9.17, 15) is 9.59 Å². The first-order chi connectivity index (χ1) is 10.7. The molecule has 4 heteroatoms. The Morgan fingerprint density at radius 1 is 0.727 bits per heavy atom. The molecule has 0 heterocycles. The number of hydrogen-bond donors (Lipinski definition) is 1. The third kappa shape index (κ3) is 3.35. The highest BCUT2D eigenvalue weighted by molar-refractivity contribution is 8.04. The smallest absolute Gasteiger partial charge is 0.203 e. The van der Waals surface area contributed by atoms with E-state index in [-0.39, 0.29) is 11.6 Å². The van der Waals surface area contributed by atoms with Gasteiger partial charge in [0.2, 0.25) is 5.78 Å². The summed E-state index contributed by atoms with van der Waals surface area (Å²) in [5, 5.41) is 2.98. The van der Waals surface area contributed by atoms with Gasteiger partial charge in [-0.25, -0.2) is 0 Å². The van der Waals surface area contributed by atoms with E-state index in [0.717, 1.165) is 10.6 Å². The van der Waals surface area contributed by atoms with Crippen LogP contribution in [0.5, 0.6) is 0 Å². The quantitative estimate of drug-likeness (QED) is 0.873. The normalized spacial score (nSPS) is 14.4. The number of benzene rings is 2. The van der Waals surface area contributed by atoms with Gasteiger partial charge in [-0.3, -0.25) is 9.59 Å². The van der Waals surface area contributed by atoms with Crippen LogP contribution in [0, 0.1) is 0 Å². The van der Waals surface area contributed by atoms with Crippen molar-refractivity contribution < 1.29 is 9.59 Å². The molecule has 0 fully saturated rings. The maximum absolute atomic E-state index is 12.2. The van der Waals surface area contributed by atoms with Crippen LogP contribution in [0.3, 0.4) is 0 Å². The summed E-state index contributed by atoms with van der Waals surface area (Å²) in [6.07, 6.45) is 2.76. The minimum Gasteiger partial charge on any atom is -0.352 e. The van der Waals surface area contributed by atoms with Crippen molar-refractivity contribution in [3.8, 4) is 0 Å². The molecule has 0 radical (unpaired) electrons. The Balaban J connectivity index is 1.75. The molecule has 0 bridgehead atoms. The van der Waals surface area contributed by atoms with Crippen molar-refractivity contribution in [1.29, 1.82) is 0 Å². The second-order valence-electron chi connectivity index (χ2n) is 4.70. The monoisotopic (exact) mass is 307 g/mol. The Labute approximate surface area is 132 Å². The van der Waals surface area contributed by atoms with E-state index in [1.165, 1.54) is 23.9 Å². The van der Waals surface area contributed by atoms with E-state index >= 15 is 0 Å². The number of anilines is 1. The number of hydrogen-bond acceptors (Lipinski definition) is 4. The molecule has 1 aliphatic rings. The molecule has 1 aliphatic carbocycles. The maximum Gasteiger partial charge on any atom is 0.203 e. The first-order valence-corrected chi connectivity index (χ1v) is 7.61. The Bertz CT molecular complexity index is 697. The van der Waals surface area contributed by atoms with Crippen molar-refractivity contribution in [2.75, 3.05) is 5.32 Å². The highest BCUT2D eigenvalue weighted by Gasteiger charge is 2.21. The number of ketones is 2. The summed E-state index contributed by atoms with van der Waals surface area (Å²) in [6.45, 7) is 0. The first kappa shape index (κ1) is 14.4. The molecular weight excluding hydrogens is 294 g/mol. The summed E-state index contributed by atoms with van der Waals surface area (Å²) in [5.41, 5.74) is 1.08. The van der Waals surface area contributed by atoms with E-state index in [2.05, 4.69) is 5.32 Å². The fourth-order valence-corrected chi connectivity index (χ4v) is 2.88. The number of para-hydroxylation sites is 1. The molecule has 0 unspecified atom stereocenters. The highest BCUT2D eigenvalue weighted by Crippen LogP contribution is 2.30. The first-order valence-electron chi connectivity index (χ1n) is 6.79. The number of thioether (sulfide) groups is 1. The van der Waals surface area contributed by atoms with Crippen LogP contribution in [0.1, 0.15) is 0 Å². The molecule has 0 saturated carbocycles. The number of rotatable bonds is 4. The zero-order chi connectivity index (χ0) is 15.4. The molecule has 22 heavy (non-hydrogen) atoms. The van der Waals surface area contributed by atoms with Crippen LogP contribution in [0.2, 0.25) is 0 Å². The molecule has 0 atom stereocenters. The molecule has 2 aromatic carbocycles. The highest BCUT2D eigenvalue weighted by atomic mass is 32.2. The molecule has 0 aliphatic heterocycles. The van der Waals surface area contributed by atoms with Crippen LogP contribution < -0.4 is 5.32 Å². The van der Waals surface area contributed by atoms with Crippen LogP contribution in [0.25, 0.3) is 0 Å². The second kappa shape index (κ2) is 6.45. The van der Waals surface area contributed by atoms with Crippen molar-refractivity contribution in [2.24, 2.45) is 0 Å². The molecule has 0 saturated heterocycles.